The third-order valence-electron chi connectivity index (χ3n) is 9.20. The molecular formula is C34H40F4N5O+. The van der Waals surface area contributed by atoms with E-state index in [1.807, 2.05) is 48.3 Å². The van der Waals surface area contributed by atoms with Crippen molar-refractivity contribution >= 4 is 23.4 Å². The van der Waals surface area contributed by atoms with E-state index in [4.69, 9.17) is 0 Å². The van der Waals surface area contributed by atoms with Gasteiger partial charge in [-0.25, -0.2) is 4.39 Å². The summed E-state index contributed by atoms with van der Waals surface area (Å²) in [5.41, 5.74) is 2.51. The second kappa shape index (κ2) is 13.5. The van der Waals surface area contributed by atoms with Crippen LogP contribution in [-0.2, 0) is 17.5 Å². The summed E-state index contributed by atoms with van der Waals surface area (Å²) in [4.78, 5) is 21.4. The molecule has 10 heteroatoms. The molecule has 0 spiro atoms. The van der Waals surface area contributed by atoms with Crippen molar-refractivity contribution in [3.05, 3.63) is 95.8 Å². The average Bonchev–Trinajstić information content (AvgIpc) is 3.03. The Morgan fingerprint density at radius 3 is 2.23 bits per heavy atom. The number of piperidine rings is 2. The SMILES string of the molecule is CN(c1ccncc1)c1ccc(CN(C(=O)/C=C/c2ccc(C(F)(F)F)cc2)[C@H]2CC[N+](C)(C3CCNCC3)C[C@H]2F)cc1. The number of nitrogens with one attached hydrogen (secondary N) is 1. The number of alkyl halides is 4. The topological polar surface area (TPSA) is 48.5 Å². The van der Waals surface area contributed by atoms with Crippen molar-refractivity contribution in [2.45, 2.75) is 50.2 Å². The molecule has 0 bridgehead atoms. The molecule has 2 saturated heterocycles. The molecule has 1 N–H and O–H groups in total. The Morgan fingerprint density at radius 1 is 0.977 bits per heavy atom. The largest absolute Gasteiger partial charge is 0.416 e. The molecular weight excluding hydrogens is 570 g/mol. The minimum absolute atomic E-state index is 0.220. The lowest BCUT2D eigenvalue weighted by atomic mass is 9.93. The van der Waals surface area contributed by atoms with Crippen LogP contribution in [0.2, 0.25) is 0 Å². The zero-order valence-electron chi connectivity index (χ0n) is 25.2. The first-order valence-corrected chi connectivity index (χ1v) is 15.1. The summed E-state index contributed by atoms with van der Waals surface area (Å²) in [6.45, 7) is 3.21. The maximum Gasteiger partial charge on any atom is 0.416 e. The summed E-state index contributed by atoms with van der Waals surface area (Å²) in [7, 11) is 4.09. The van der Waals surface area contributed by atoms with Gasteiger partial charge in [0.2, 0.25) is 5.91 Å². The fourth-order valence-electron chi connectivity index (χ4n) is 6.48. The van der Waals surface area contributed by atoms with Crippen molar-refractivity contribution in [3.8, 4) is 0 Å². The summed E-state index contributed by atoms with van der Waals surface area (Å²) in [5, 5.41) is 3.38. The number of amides is 1. The summed E-state index contributed by atoms with van der Waals surface area (Å²) in [6, 6.07) is 16.1. The monoisotopic (exact) mass is 610 g/mol. The molecule has 1 unspecified atom stereocenters. The van der Waals surface area contributed by atoms with Gasteiger partial charge < -0.3 is 19.6 Å². The molecule has 2 aliphatic heterocycles. The van der Waals surface area contributed by atoms with Gasteiger partial charge in [-0.1, -0.05) is 24.3 Å². The number of carbonyl (C=O) groups excluding carboxylic acids is 1. The van der Waals surface area contributed by atoms with Crippen molar-refractivity contribution in [3.63, 3.8) is 0 Å². The first kappa shape index (κ1) is 31.7. The van der Waals surface area contributed by atoms with Crippen molar-refractivity contribution < 1.29 is 26.8 Å². The maximum atomic E-state index is 16.1. The van der Waals surface area contributed by atoms with Crippen LogP contribution in [-0.4, -0.2) is 78.8 Å². The van der Waals surface area contributed by atoms with Gasteiger partial charge in [0.1, 0.15) is 6.54 Å². The van der Waals surface area contributed by atoms with Gasteiger partial charge in [0.25, 0.3) is 0 Å². The maximum absolute atomic E-state index is 16.1. The zero-order valence-corrected chi connectivity index (χ0v) is 25.2. The van der Waals surface area contributed by atoms with Crippen LogP contribution in [0, 0.1) is 0 Å². The first-order chi connectivity index (χ1) is 21.0. The van der Waals surface area contributed by atoms with Crippen LogP contribution in [0.4, 0.5) is 28.9 Å². The summed E-state index contributed by atoms with van der Waals surface area (Å²) < 4.78 is 55.8. The predicted octanol–water partition coefficient (Wildman–Crippen LogP) is 6.22. The van der Waals surface area contributed by atoms with Gasteiger partial charge in [-0.15, -0.1) is 0 Å². The molecule has 234 valence electrons. The van der Waals surface area contributed by atoms with Crippen molar-refractivity contribution in [2.24, 2.45) is 0 Å². The fourth-order valence-corrected chi connectivity index (χ4v) is 6.48. The summed E-state index contributed by atoms with van der Waals surface area (Å²) in [6.07, 6.45) is 3.20. The van der Waals surface area contributed by atoms with Crippen LogP contribution in [0.15, 0.2) is 79.1 Å². The zero-order chi connectivity index (χ0) is 31.3. The molecule has 2 aromatic carbocycles. The first-order valence-electron chi connectivity index (χ1n) is 15.1. The van der Waals surface area contributed by atoms with Gasteiger partial charge >= 0.3 is 6.18 Å². The number of quaternary nitrogens is 1. The van der Waals surface area contributed by atoms with Crippen LogP contribution in [0.3, 0.4) is 0 Å². The molecule has 2 aliphatic rings. The van der Waals surface area contributed by atoms with Crippen LogP contribution < -0.4 is 10.2 Å². The van der Waals surface area contributed by atoms with Gasteiger partial charge in [-0.05, 0) is 53.6 Å². The number of pyridine rings is 1. The van der Waals surface area contributed by atoms with E-state index in [-0.39, 0.29) is 12.5 Å². The van der Waals surface area contributed by atoms with E-state index >= 15 is 4.39 Å². The van der Waals surface area contributed by atoms with Crippen LogP contribution in [0.5, 0.6) is 0 Å². The fraction of sp³-hybridized carbons (Fsp3) is 0.412. The number of aromatic nitrogens is 1. The van der Waals surface area contributed by atoms with Crippen molar-refractivity contribution in [2.75, 3.05) is 45.2 Å². The van der Waals surface area contributed by atoms with E-state index in [0.29, 0.717) is 29.1 Å². The number of nitrogens with zero attached hydrogens (tertiary/aromatic N) is 4. The molecule has 1 aromatic heterocycles. The summed E-state index contributed by atoms with van der Waals surface area (Å²) in [5.74, 6) is -0.367. The lowest BCUT2D eigenvalue weighted by Crippen LogP contribution is -2.65. The van der Waals surface area contributed by atoms with E-state index in [1.165, 1.54) is 24.3 Å². The highest BCUT2D eigenvalue weighted by Crippen LogP contribution is 2.32. The quantitative estimate of drug-likeness (QED) is 0.187. The third-order valence-corrected chi connectivity index (χ3v) is 9.20. The highest BCUT2D eigenvalue weighted by Gasteiger charge is 2.45. The molecule has 0 saturated carbocycles. The Hall–Kier alpha value is -3.76. The Kier molecular flexibility index (Phi) is 9.70. The molecule has 5 rings (SSSR count). The Morgan fingerprint density at radius 2 is 1.61 bits per heavy atom. The van der Waals surface area contributed by atoms with Gasteiger partial charge in [0.15, 0.2) is 6.17 Å². The smallest absolute Gasteiger partial charge is 0.345 e. The van der Waals surface area contributed by atoms with Gasteiger partial charge in [0.05, 0.1) is 31.2 Å². The number of carbonyl (C=O) groups is 1. The number of hydrogen-bond donors (Lipinski definition) is 1. The van der Waals surface area contributed by atoms with Crippen molar-refractivity contribution in [1.82, 2.24) is 15.2 Å². The lowest BCUT2D eigenvalue weighted by Gasteiger charge is -2.50. The molecule has 0 radical (unpaired) electrons. The Bertz CT molecular complexity index is 1410. The van der Waals surface area contributed by atoms with E-state index in [0.717, 1.165) is 61.5 Å². The molecule has 1 amide bonds. The second-order valence-electron chi connectivity index (χ2n) is 12.1. The second-order valence-corrected chi connectivity index (χ2v) is 12.1. The molecule has 44 heavy (non-hydrogen) atoms. The van der Waals surface area contributed by atoms with Crippen molar-refractivity contribution in [1.29, 1.82) is 0 Å². The molecule has 2 fully saturated rings. The average molecular weight is 611 g/mol. The highest BCUT2D eigenvalue weighted by atomic mass is 19.4. The lowest BCUT2D eigenvalue weighted by molar-refractivity contribution is -0.941. The number of halogens is 4. The molecule has 0 aliphatic carbocycles. The number of hydrogen-bond acceptors (Lipinski definition) is 4. The number of benzene rings is 2. The standard InChI is InChI=1S/C34H40F4N5O/c1-41(29-13-18-39-19-14-29)28-10-5-26(6-11-28)23-42(33(44)12-7-25-3-8-27(9-4-25)34(36,37)38)32-17-22-43(2,24-31(32)35)30-15-20-40-21-16-30/h3-14,18-19,30-32,40H,15-17,20-24H2,1-2H3/q+1/b12-7+/t31-,32+,43?/m1/s1. The van der Waals surface area contributed by atoms with Gasteiger partial charge in [0, 0.05) is 75.8 Å². The minimum atomic E-state index is -4.43. The van der Waals surface area contributed by atoms with E-state index < -0.39 is 24.0 Å². The summed E-state index contributed by atoms with van der Waals surface area (Å²) >= 11 is 0. The molecule has 3 aromatic rings. The van der Waals surface area contributed by atoms with E-state index in [2.05, 4.69) is 17.3 Å². The van der Waals surface area contributed by atoms with Gasteiger partial charge in [-0.2, -0.15) is 13.2 Å². The van der Waals surface area contributed by atoms with E-state index in [1.54, 1.807) is 17.3 Å². The van der Waals surface area contributed by atoms with Gasteiger partial charge in [-0.3, -0.25) is 9.78 Å². The van der Waals surface area contributed by atoms with Crippen LogP contribution >= 0.6 is 0 Å². The van der Waals surface area contributed by atoms with E-state index in [9.17, 15) is 18.0 Å². The Balaban J connectivity index is 1.35. The highest BCUT2D eigenvalue weighted by molar-refractivity contribution is 5.92. The number of rotatable bonds is 8. The molecule has 6 nitrogen and oxygen atoms in total. The third kappa shape index (κ3) is 7.47. The van der Waals surface area contributed by atoms with Crippen LogP contribution in [0.1, 0.15) is 36.0 Å². The number of anilines is 2. The molecule has 3 heterocycles. The van der Waals surface area contributed by atoms with Crippen LogP contribution in [0.25, 0.3) is 6.08 Å². The number of likely N-dealkylation sites (tertiary alicyclic amines) is 1. The molecule has 3 atom stereocenters. The predicted molar refractivity (Wildman–Crippen MR) is 165 cm³/mol. The minimum Gasteiger partial charge on any atom is -0.345 e. The normalized spacial score (nSPS) is 23.0. The Labute approximate surface area is 256 Å².